The molecule has 0 radical (unpaired) electrons. The maximum atomic E-state index is 12.7. The molecular weight excluding hydrogens is 334 g/mol. The number of ether oxygens (including phenoxy) is 1. The zero-order valence-electron chi connectivity index (χ0n) is 13.5. The SMILES string of the molecule is CN(CC1CC1)c1ncc(S(=O)(=O)N2CCOCC2)cc1C(=O)O. The van der Waals surface area contributed by atoms with Gasteiger partial charge in [-0.25, -0.2) is 18.2 Å². The Morgan fingerprint density at radius 3 is 2.67 bits per heavy atom. The molecule has 3 rings (SSSR count). The molecule has 1 aromatic heterocycles. The molecule has 0 bridgehead atoms. The van der Waals surface area contributed by atoms with Crippen molar-refractivity contribution >= 4 is 21.8 Å². The summed E-state index contributed by atoms with van der Waals surface area (Å²) in [7, 11) is -1.98. The molecule has 9 heteroatoms. The highest BCUT2D eigenvalue weighted by Crippen LogP contribution is 2.31. The predicted molar refractivity (Wildman–Crippen MR) is 86.8 cm³/mol. The van der Waals surface area contributed by atoms with E-state index >= 15 is 0 Å². The third kappa shape index (κ3) is 3.52. The van der Waals surface area contributed by atoms with Crippen LogP contribution in [0.3, 0.4) is 0 Å². The maximum absolute atomic E-state index is 12.7. The van der Waals surface area contributed by atoms with Crippen LogP contribution in [0.15, 0.2) is 17.2 Å². The van der Waals surface area contributed by atoms with Crippen LogP contribution >= 0.6 is 0 Å². The molecule has 1 saturated heterocycles. The second-order valence-corrected chi connectivity index (χ2v) is 8.13. The monoisotopic (exact) mass is 355 g/mol. The van der Waals surface area contributed by atoms with E-state index < -0.39 is 16.0 Å². The zero-order chi connectivity index (χ0) is 17.3. The lowest BCUT2D eigenvalue weighted by Gasteiger charge is -2.26. The molecule has 0 unspecified atom stereocenters. The molecule has 1 aliphatic heterocycles. The summed E-state index contributed by atoms with van der Waals surface area (Å²) < 4.78 is 31.8. The first kappa shape index (κ1) is 17.1. The Hall–Kier alpha value is -1.71. The van der Waals surface area contributed by atoms with E-state index in [2.05, 4.69) is 4.98 Å². The first-order chi connectivity index (χ1) is 11.4. The molecule has 2 aliphatic rings. The van der Waals surface area contributed by atoms with Gasteiger partial charge in [0.2, 0.25) is 10.0 Å². The number of carboxylic acids is 1. The van der Waals surface area contributed by atoms with Gasteiger partial charge in [0.05, 0.1) is 13.2 Å². The molecule has 132 valence electrons. The summed E-state index contributed by atoms with van der Waals surface area (Å²) in [5.41, 5.74) is -0.0903. The highest BCUT2D eigenvalue weighted by molar-refractivity contribution is 7.89. The lowest BCUT2D eigenvalue weighted by molar-refractivity contribution is 0.0696. The van der Waals surface area contributed by atoms with Crippen LogP contribution in [0.25, 0.3) is 0 Å². The largest absolute Gasteiger partial charge is 0.478 e. The molecule has 0 amide bonds. The molecule has 0 aromatic carbocycles. The fourth-order valence-electron chi connectivity index (χ4n) is 2.75. The quantitative estimate of drug-likeness (QED) is 0.799. The van der Waals surface area contributed by atoms with E-state index in [1.54, 1.807) is 11.9 Å². The number of carbonyl (C=O) groups is 1. The van der Waals surface area contributed by atoms with Crippen molar-refractivity contribution in [3.05, 3.63) is 17.8 Å². The number of morpholine rings is 1. The number of hydrogen-bond acceptors (Lipinski definition) is 6. The van der Waals surface area contributed by atoms with Crippen LogP contribution in [0.1, 0.15) is 23.2 Å². The number of rotatable bonds is 6. The van der Waals surface area contributed by atoms with Gasteiger partial charge in [0.25, 0.3) is 0 Å². The summed E-state index contributed by atoms with van der Waals surface area (Å²) in [6.07, 6.45) is 3.52. The molecule has 1 aliphatic carbocycles. The van der Waals surface area contributed by atoms with Crippen molar-refractivity contribution in [3.63, 3.8) is 0 Å². The molecule has 1 aromatic rings. The highest BCUT2D eigenvalue weighted by atomic mass is 32.2. The number of pyridine rings is 1. The van der Waals surface area contributed by atoms with Crippen LogP contribution in [0, 0.1) is 5.92 Å². The fourth-order valence-corrected chi connectivity index (χ4v) is 4.13. The molecular formula is C15H21N3O5S. The Balaban J connectivity index is 1.91. The van der Waals surface area contributed by atoms with Gasteiger partial charge in [-0.05, 0) is 24.8 Å². The van der Waals surface area contributed by atoms with Crippen LogP contribution in [-0.4, -0.2) is 68.7 Å². The van der Waals surface area contributed by atoms with Crippen LogP contribution in [-0.2, 0) is 14.8 Å². The van der Waals surface area contributed by atoms with Crippen molar-refractivity contribution in [1.82, 2.24) is 9.29 Å². The van der Waals surface area contributed by atoms with Crippen molar-refractivity contribution in [1.29, 1.82) is 0 Å². The van der Waals surface area contributed by atoms with Gasteiger partial charge in [-0.15, -0.1) is 0 Å². The molecule has 24 heavy (non-hydrogen) atoms. The molecule has 1 N–H and O–H groups in total. The maximum Gasteiger partial charge on any atom is 0.339 e. The van der Waals surface area contributed by atoms with Crippen molar-refractivity contribution in [2.24, 2.45) is 5.92 Å². The number of hydrogen-bond donors (Lipinski definition) is 1. The molecule has 1 saturated carbocycles. The van der Waals surface area contributed by atoms with Gasteiger partial charge >= 0.3 is 5.97 Å². The molecule has 0 spiro atoms. The standard InChI is InChI=1S/C15H21N3O5S/c1-17(10-11-2-3-11)14-13(15(19)20)8-12(9-16-14)24(21,22)18-4-6-23-7-5-18/h8-9,11H,2-7,10H2,1H3,(H,19,20). The minimum Gasteiger partial charge on any atom is -0.478 e. The molecule has 2 fully saturated rings. The van der Waals surface area contributed by atoms with E-state index in [-0.39, 0.29) is 23.5 Å². The Bertz CT molecular complexity index is 727. The lowest BCUT2D eigenvalue weighted by Crippen LogP contribution is -2.40. The van der Waals surface area contributed by atoms with Crippen molar-refractivity contribution in [3.8, 4) is 0 Å². The summed E-state index contributed by atoms with van der Waals surface area (Å²) in [5, 5.41) is 9.47. The van der Waals surface area contributed by atoms with Gasteiger partial charge in [0.15, 0.2) is 0 Å². The molecule has 2 heterocycles. The highest BCUT2D eigenvalue weighted by Gasteiger charge is 2.30. The molecule has 0 atom stereocenters. The Morgan fingerprint density at radius 2 is 2.08 bits per heavy atom. The number of sulfonamides is 1. The van der Waals surface area contributed by atoms with Gasteiger partial charge in [-0.1, -0.05) is 0 Å². The van der Waals surface area contributed by atoms with Crippen LogP contribution in [0.2, 0.25) is 0 Å². The third-order valence-corrected chi connectivity index (χ3v) is 6.13. The third-order valence-electron chi connectivity index (χ3n) is 4.27. The van der Waals surface area contributed by atoms with Crippen molar-refractivity contribution < 1.29 is 23.1 Å². The summed E-state index contributed by atoms with van der Waals surface area (Å²) in [6.45, 7) is 1.91. The van der Waals surface area contributed by atoms with E-state index in [0.29, 0.717) is 24.9 Å². The van der Waals surface area contributed by atoms with E-state index in [4.69, 9.17) is 4.74 Å². The first-order valence-electron chi connectivity index (χ1n) is 7.92. The summed E-state index contributed by atoms with van der Waals surface area (Å²) in [6, 6.07) is 1.21. The minimum atomic E-state index is -3.76. The van der Waals surface area contributed by atoms with E-state index in [0.717, 1.165) is 19.4 Å². The number of nitrogens with zero attached hydrogens (tertiary/aromatic N) is 3. The van der Waals surface area contributed by atoms with Gasteiger partial charge < -0.3 is 14.7 Å². The second-order valence-electron chi connectivity index (χ2n) is 6.19. The summed E-state index contributed by atoms with van der Waals surface area (Å²) in [5.74, 6) is -0.315. The van der Waals surface area contributed by atoms with E-state index in [1.807, 2.05) is 0 Å². The predicted octanol–water partition coefficient (Wildman–Crippen LogP) is 0.647. The van der Waals surface area contributed by atoms with Crippen LogP contribution in [0.5, 0.6) is 0 Å². The zero-order valence-corrected chi connectivity index (χ0v) is 14.3. The van der Waals surface area contributed by atoms with E-state index in [9.17, 15) is 18.3 Å². The topological polar surface area (TPSA) is 100 Å². The van der Waals surface area contributed by atoms with Gasteiger partial charge in [0.1, 0.15) is 16.3 Å². The Morgan fingerprint density at radius 1 is 1.42 bits per heavy atom. The van der Waals surface area contributed by atoms with E-state index in [1.165, 1.54) is 16.6 Å². The normalized spacial score (nSPS) is 19.2. The van der Waals surface area contributed by atoms with Crippen LogP contribution < -0.4 is 4.90 Å². The summed E-state index contributed by atoms with van der Waals surface area (Å²) in [4.78, 5) is 17.4. The average Bonchev–Trinajstić information content (AvgIpc) is 3.39. The van der Waals surface area contributed by atoms with Gasteiger partial charge in [0, 0.05) is 32.9 Å². The van der Waals surface area contributed by atoms with Crippen molar-refractivity contribution in [2.45, 2.75) is 17.7 Å². The van der Waals surface area contributed by atoms with Gasteiger partial charge in [-0.3, -0.25) is 0 Å². The summed E-state index contributed by atoms with van der Waals surface area (Å²) >= 11 is 0. The fraction of sp³-hybridized carbons (Fsp3) is 0.600. The lowest BCUT2D eigenvalue weighted by atomic mass is 10.2. The van der Waals surface area contributed by atoms with Crippen molar-refractivity contribution in [2.75, 3.05) is 44.8 Å². The van der Waals surface area contributed by atoms with Gasteiger partial charge in [-0.2, -0.15) is 4.31 Å². The minimum absolute atomic E-state index is 0.0903. The Labute approximate surface area is 141 Å². The second kappa shape index (κ2) is 6.66. The smallest absolute Gasteiger partial charge is 0.339 e. The number of anilines is 1. The Kier molecular flexibility index (Phi) is 4.75. The number of carboxylic acid groups (broad SMARTS) is 1. The average molecular weight is 355 g/mol. The molecule has 8 nitrogen and oxygen atoms in total. The number of aromatic carboxylic acids is 1. The first-order valence-corrected chi connectivity index (χ1v) is 9.36. The van der Waals surface area contributed by atoms with Crippen LogP contribution in [0.4, 0.5) is 5.82 Å². The number of aromatic nitrogens is 1.